The second-order valence-electron chi connectivity index (χ2n) is 4.77. The molecule has 0 saturated carbocycles. The summed E-state index contributed by atoms with van der Waals surface area (Å²) in [5.74, 6) is 0.584. The number of hydrogen-bond donors (Lipinski definition) is 3. The fourth-order valence-electron chi connectivity index (χ4n) is 2.71. The molecule has 0 bridgehead atoms. The van der Waals surface area contributed by atoms with E-state index >= 15 is 0 Å². The molecule has 4 nitrogen and oxygen atoms in total. The number of H-pyrrole nitrogens is 2. The number of benzene rings is 1. The molecular formula is C14H17N3O. The lowest BCUT2D eigenvalue weighted by molar-refractivity contribution is 0.461. The lowest BCUT2D eigenvalue weighted by Gasteiger charge is -2.24. The first-order valence-electron chi connectivity index (χ1n) is 6.42. The molecule has 2 aromatic rings. The lowest BCUT2D eigenvalue weighted by atomic mass is 9.86. The van der Waals surface area contributed by atoms with Crippen LogP contribution in [0.5, 0.6) is 0 Å². The highest BCUT2D eigenvalue weighted by Gasteiger charge is 2.18. The Hall–Kier alpha value is -1.81. The van der Waals surface area contributed by atoms with Crippen molar-refractivity contribution in [3.8, 4) is 11.3 Å². The molecule has 94 valence electrons. The van der Waals surface area contributed by atoms with Crippen molar-refractivity contribution in [2.24, 2.45) is 0 Å². The molecule has 18 heavy (non-hydrogen) atoms. The minimum absolute atomic E-state index is 0.148. The van der Waals surface area contributed by atoms with Gasteiger partial charge < -0.3 is 15.3 Å². The summed E-state index contributed by atoms with van der Waals surface area (Å²) in [6.07, 6.45) is 4.07. The summed E-state index contributed by atoms with van der Waals surface area (Å²) in [6, 6.07) is 8.35. The van der Waals surface area contributed by atoms with E-state index in [-0.39, 0.29) is 5.69 Å². The van der Waals surface area contributed by atoms with Gasteiger partial charge in [0, 0.05) is 11.8 Å². The van der Waals surface area contributed by atoms with Crippen LogP contribution in [0.1, 0.15) is 24.3 Å². The molecule has 3 rings (SSSR count). The van der Waals surface area contributed by atoms with Crippen LogP contribution in [-0.2, 0) is 0 Å². The van der Waals surface area contributed by atoms with Crippen LogP contribution in [-0.4, -0.2) is 23.1 Å². The molecule has 1 aliphatic heterocycles. The zero-order valence-electron chi connectivity index (χ0n) is 10.2. The van der Waals surface area contributed by atoms with Crippen LogP contribution in [0.4, 0.5) is 0 Å². The van der Waals surface area contributed by atoms with Gasteiger partial charge in [0.1, 0.15) is 0 Å². The molecule has 1 fully saturated rings. The van der Waals surface area contributed by atoms with E-state index in [1.165, 1.54) is 5.56 Å². The number of aromatic amines is 2. The van der Waals surface area contributed by atoms with Crippen molar-refractivity contribution in [1.29, 1.82) is 0 Å². The van der Waals surface area contributed by atoms with Crippen molar-refractivity contribution >= 4 is 0 Å². The number of rotatable bonds is 2. The third kappa shape index (κ3) is 2.11. The molecule has 1 aromatic carbocycles. The SMILES string of the molecule is O=c1[nH]cc(-c2ccccc2C2CCNCC2)[nH]1. The van der Waals surface area contributed by atoms with E-state index in [0.717, 1.165) is 37.2 Å². The first-order chi connectivity index (χ1) is 8.84. The summed E-state index contributed by atoms with van der Waals surface area (Å²) >= 11 is 0. The Morgan fingerprint density at radius 2 is 1.89 bits per heavy atom. The Labute approximate surface area is 105 Å². The van der Waals surface area contributed by atoms with E-state index in [0.29, 0.717) is 5.92 Å². The van der Waals surface area contributed by atoms with Gasteiger partial charge in [-0.25, -0.2) is 4.79 Å². The minimum atomic E-state index is -0.148. The summed E-state index contributed by atoms with van der Waals surface area (Å²) in [5.41, 5.74) is 3.22. The fraction of sp³-hybridized carbons (Fsp3) is 0.357. The topological polar surface area (TPSA) is 60.7 Å². The highest BCUT2D eigenvalue weighted by atomic mass is 16.1. The van der Waals surface area contributed by atoms with Gasteiger partial charge in [-0.05, 0) is 37.4 Å². The molecule has 3 N–H and O–H groups in total. The number of hydrogen-bond acceptors (Lipinski definition) is 2. The number of imidazole rings is 1. The standard InChI is InChI=1S/C14H17N3O/c18-14-16-9-13(17-14)12-4-2-1-3-11(12)10-5-7-15-8-6-10/h1-4,9-10,15H,5-8H2,(H2,16,17,18). The quantitative estimate of drug-likeness (QED) is 0.753. The Balaban J connectivity index is 2.01. The molecule has 0 radical (unpaired) electrons. The summed E-state index contributed by atoms with van der Waals surface area (Å²) in [7, 11) is 0. The predicted octanol–water partition coefficient (Wildman–Crippen LogP) is 1.84. The maximum Gasteiger partial charge on any atom is 0.323 e. The van der Waals surface area contributed by atoms with E-state index in [2.05, 4.69) is 33.5 Å². The van der Waals surface area contributed by atoms with Crippen LogP contribution >= 0.6 is 0 Å². The molecule has 1 aromatic heterocycles. The van der Waals surface area contributed by atoms with Gasteiger partial charge in [-0.1, -0.05) is 24.3 Å². The average molecular weight is 243 g/mol. The molecule has 0 spiro atoms. The predicted molar refractivity (Wildman–Crippen MR) is 71.7 cm³/mol. The summed E-state index contributed by atoms with van der Waals surface area (Å²) in [6.45, 7) is 2.14. The van der Waals surface area contributed by atoms with Gasteiger partial charge in [0.15, 0.2) is 0 Å². The maximum absolute atomic E-state index is 11.2. The molecular weight excluding hydrogens is 226 g/mol. The van der Waals surface area contributed by atoms with Gasteiger partial charge in [0.25, 0.3) is 0 Å². The van der Waals surface area contributed by atoms with E-state index < -0.39 is 0 Å². The van der Waals surface area contributed by atoms with Crippen LogP contribution < -0.4 is 11.0 Å². The highest BCUT2D eigenvalue weighted by molar-refractivity contribution is 5.63. The maximum atomic E-state index is 11.2. The molecule has 0 atom stereocenters. The Kier molecular flexibility index (Phi) is 3.02. The lowest BCUT2D eigenvalue weighted by Crippen LogP contribution is -2.26. The second-order valence-corrected chi connectivity index (χ2v) is 4.77. The van der Waals surface area contributed by atoms with Crippen LogP contribution in [0.2, 0.25) is 0 Å². The molecule has 4 heteroatoms. The monoisotopic (exact) mass is 243 g/mol. The third-order valence-electron chi connectivity index (χ3n) is 3.63. The van der Waals surface area contributed by atoms with E-state index in [9.17, 15) is 4.79 Å². The van der Waals surface area contributed by atoms with Crippen LogP contribution in [0.25, 0.3) is 11.3 Å². The molecule has 1 saturated heterocycles. The summed E-state index contributed by atoms with van der Waals surface area (Å²) < 4.78 is 0. The van der Waals surface area contributed by atoms with Crippen molar-refractivity contribution in [1.82, 2.24) is 15.3 Å². The van der Waals surface area contributed by atoms with E-state index in [1.807, 2.05) is 6.07 Å². The molecule has 2 heterocycles. The summed E-state index contributed by atoms with van der Waals surface area (Å²) in [4.78, 5) is 16.7. The molecule has 0 amide bonds. The Morgan fingerprint density at radius 1 is 1.11 bits per heavy atom. The first kappa shape index (κ1) is 11.3. The van der Waals surface area contributed by atoms with Crippen molar-refractivity contribution < 1.29 is 0 Å². The van der Waals surface area contributed by atoms with Crippen LogP contribution in [0.15, 0.2) is 35.3 Å². The fourth-order valence-corrected chi connectivity index (χ4v) is 2.71. The van der Waals surface area contributed by atoms with Crippen molar-refractivity contribution in [3.63, 3.8) is 0 Å². The van der Waals surface area contributed by atoms with Gasteiger partial charge in [-0.3, -0.25) is 0 Å². The smallest absolute Gasteiger partial charge is 0.317 e. The van der Waals surface area contributed by atoms with Gasteiger partial charge in [-0.15, -0.1) is 0 Å². The Bertz CT molecular complexity index is 578. The zero-order valence-corrected chi connectivity index (χ0v) is 10.2. The average Bonchev–Trinajstić information content (AvgIpc) is 2.86. The van der Waals surface area contributed by atoms with E-state index in [4.69, 9.17) is 0 Å². The zero-order chi connectivity index (χ0) is 12.4. The van der Waals surface area contributed by atoms with Gasteiger partial charge in [-0.2, -0.15) is 0 Å². The highest BCUT2D eigenvalue weighted by Crippen LogP contribution is 2.32. The number of nitrogens with one attached hydrogen (secondary N) is 3. The van der Waals surface area contributed by atoms with Gasteiger partial charge >= 0.3 is 5.69 Å². The van der Waals surface area contributed by atoms with Crippen molar-refractivity contribution in [3.05, 3.63) is 46.5 Å². The molecule has 0 aliphatic carbocycles. The summed E-state index contributed by atoms with van der Waals surface area (Å²) in [5, 5.41) is 3.38. The van der Waals surface area contributed by atoms with Gasteiger partial charge in [0.05, 0.1) is 5.69 Å². The normalized spacial score (nSPS) is 16.9. The molecule has 1 aliphatic rings. The van der Waals surface area contributed by atoms with Crippen molar-refractivity contribution in [2.45, 2.75) is 18.8 Å². The number of aromatic nitrogens is 2. The largest absolute Gasteiger partial charge is 0.323 e. The first-order valence-corrected chi connectivity index (χ1v) is 6.42. The Morgan fingerprint density at radius 3 is 2.61 bits per heavy atom. The second kappa shape index (κ2) is 4.82. The number of piperidine rings is 1. The van der Waals surface area contributed by atoms with Crippen LogP contribution in [0, 0.1) is 0 Å². The minimum Gasteiger partial charge on any atom is -0.317 e. The van der Waals surface area contributed by atoms with Gasteiger partial charge in [0.2, 0.25) is 0 Å². The van der Waals surface area contributed by atoms with E-state index in [1.54, 1.807) is 6.20 Å². The molecule has 0 unspecified atom stereocenters. The van der Waals surface area contributed by atoms with Crippen molar-refractivity contribution in [2.75, 3.05) is 13.1 Å². The van der Waals surface area contributed by atoms with Crippen LogP contribution in [0.3, 0.4) is 0 Å². The third-order valence-corrected chi connectivity index (χ3v) is 3.63.